The summed E-state index contributed by atoms with van der Waals surface area (Å²) in [4.78, 5) is 13.6. The highest BCUT2D eigenvalue weighted by Gasteiger charge is 2.13. The van der Waals surface area contributed by atoms with E-state index in [0.29, 0.717) is 0 Å². The number of piperazine rings is 1. The van der Waals surface area contributed by atoms with Crippen molar-refractivity contribution >= 4 is 16.3 Å². The van der Waals surface area contributed by atoms with Gasteiger partial charge in [-0.15, -0.1) is 0 Å². The summed E-state index contributed by atoms with van der Waals surface area (Å²) in [5.41, 5.74) is 2.36. The minimum Gasteiger partial charge on any atom is -0.314 e. The van der Waals surface area contributed by atoms with E-state index in [9.17, 15) is 0 Å². The van der Waals surface area contributed by atoms with E-state index in [1.165, 1.54) is 10.4 Å². The first-order valence-electron chi connectivity index (χ1n) is 7.19. The topological polar surface area (TPSA) is 45.5 Å². The van der Waals surface area contributed by atoms with Crippen LogP contribution in [0.15, 0.2) is 36.9 Å². The summed E-state index contributed by atoms with van der Waals surface area (Å²) in [6.07, 6.45) is 7.96. The van der Waals surface area contributed by atoms with Gasteiger partial charge in [0.15, 0.2) is 4.96 Å². The van der Waals surface area contributed by atoms with E-state index in [4.69, 9.17) is 4.98 Å². The maximum Gasteiger partial charge on any atom is 0.194 e. The summed E-state index contributed by atoms with van der Waals surface area (Å²) in [5, 5.41) is 3.38. The average molecular weight is 299 g/mol. The molecule has 108 valence electrons. The summed E-state index contributed by atoms with van der Waals surface area (Å²) < 4.78 is 2.14. The van der Waals surface area contributed by atoms with Gasteiger partial charge in [0.05, 0.1) is 10.6 Å². The molecular weight excluding hydrogens is 282 g/mol. The molecule has 3 aromatic rings. The lowest BCUT2D eigenvalue weighted by Gasteiger charge is -2.26. The molecular formula is C15H17N5S. The zero-order chi connectivity index (χ0) is 14.1. The number of nitrogens with zero attached hydrogens (tertiary/aromatic N) is 4. The maximum atomic E-state index is 4.76. The van der Waals surface area contributed by atoms with Gasteiger partial charge in [0.1, 0.15) is 0 Å². The number of nitrogens with one attached hydrogen (secondary N) is 1. The van der Waals surface area contributed by atoms with Crippen LogP contribution in [0, 0.1) is 0 Å². The van der Waals surface area contributed by atoms with Crippen molar-refractivity contribution in [3.05, 3.63) is 42.6 Å². The van der Waals surface area contributed by atoms with Crippen LogP contribution in [0.25, 0.3) is 15.4 Å². The normalized spacial score (nSPS) is 16.6. The van der Waals surface area contributed by atoms with Gasteiger partial charge in [-0.05, 0) is 17.7 Å². The van der Waals surface area contributed by atoms with E-state index >= 15 is 0 Å². The molecule has 0 aliphatic carbocycles. The number of aromatic nitrogens is 3. The molecule has 0 saturated carbocycles. The standard InChI is InChI=1S/C15H17N5S/c1-3-16-4-2-12(1)14-11-20-10-13(18-15(20)21-14)9-19-7-5-17-6-8-19/h1-4,10-11,17H,5-9H2. The monoisotopic (exact) mass is 299 g/mol. The van der Waals surface area contributed by atoms with Gasteiger partial charge in [0.2, 0.25) is 0 Å². The molecule has 6 heteroatoms. The fraction of sp³-hybridized carbons (Fsp3) is 0.333. The first-order chi connectivity index (χ1) is 10.4. The summed E-state index contributed by atoms with van der Waals surface area (Å²) in [6, 6.07) is 4.07. The molecule has 1 fully saturated rings. The van der Waals surface area contributed by atoms with Crippen molar-refractivity contribution in [1.82, 2.24) is 24.6 Å². The summed E-state index contributed by atoms with van der Waals surface area (Å²) in [6.45, 7) is 5.31. The van der Waals surface area contributed by atoms with Gasteiger partial charge in [-0.25, -0.2) is 4.98 Å². The van der Waals surface area contributed by atoms with Gasteiger partial charge in [0.25, 0.3) is 0 Å². The third-order valence-corrected chi connectivity index (χ3v) is 4.81. The third-order valence-electron chi connectivity index (χ3n) is 3.77. The number of hydrogen-bond donors (Lipinski definition) is 1. The maximum absolute atomic E-state index is 4.76. The molecule has 0 bridgehead atoms. The van der Waals surface area contributed by atoms with Crippen LogP contribution in [0.2, 0.25) is 0 Å². The Balaban J connectivity index is 1.56. The van der Waals surface area contributed by atoms with Crippen molar-refractivity contribution in [3.63, 3.8) is 0 Å². The minimum absolute atomic E-state index is 0.945. The summed E-state index contributed by atoms with van der Waals surface area (Å²) >= 11 is 1.73. The van der Waals surface area contributed by atoms with Crippen LogP contribution in [0.4, 0.5) is 0 Å². The van der Waals surface area contributed by atoms with E-state index in [0.717, 1.165) is 43.4 Å². The zero-order valence-corrected chi connectivity index (χ0v) is 12.5. The molecule has 1 saturated heterocycles. The first-order valence-corrected chi connectivity index (χ1v) is 8.01. The van der Waals surface area contributed by atoms with Crippen LogP contribution in [-0.4, -0.2) is 45.4 Å². The van der Waals surface area contributed by atoms with Gasteiger partial charge in [-0.3, -0.25) is 14.3 Å². The van der Waals surface area contributed by atoms with Gasteiger partial charge >= 0.3 is 0 Å². The van der Waals surface area contributed by atoms with Crippen molar-refractivity contribution in [2.24, 2.45) is 0 Å². The number of thiazole rings is 1. The molecule has 0 spiro atoms. The fourth-order valence-corrected chi connectivity index (χ4v) is 3.66. The highest BCUT2D eigenvalue weighted by molar-refractivity contribution is 7.20. The second-order valence-electron chi connectivity index (χ2n) is 5.28. The number of pyridine rings is 1. The second kappa shape index (κ2) is 5.55. The Morgan fingerprint density at radius 2 is 1.95 bits per heavy atom. The predicted octanol–water partition coefficient (Wildman–Crippen LogP) is 1.86. The predicted molar refractivity (Wildman–Crippen MR) is 84.4 cm³/mol. The molecule has 1 aliphatic heterocycles. The molecule has 4 rings (SSSR count). The second-order valence-corrected chi connectivity index (χ2v) is 6.29. The number of hydrogen-bond acceptors (Lipinski definition) is 5. The Labute approximate surface area is 127 Å². The van der Waals surface area contributed by atoms with Crippen LogP contribution in [0.3, 0.4) is 0 Å². The molecule has 1 N–H and O–H groups in total. The highest BCUT2D eigenvalue weighted by Crippen LogP contribution is 2.28. The molecule has 21 heavy (non-hydrogen) atoms. The van der Waals surface area contributed by atoms with Gasteiger partial charge < -0.3 is 5.32 Å². The van der Waals surface area contributed by atoms with E-state index in [1.807, 2.05) is 24.5 Å². The van der Waals surface area contributed by atoms with Crippen LogP contribution >= 0.6 is 11.3 Å². The van der Waals surface area contributed by atoms with Crippen LogP contribution in [0.1, 0.15) is 5.69 Å². The van der Waals surface area contributed by atoms with E-state index in [1.54, 1.807) is 11.3 Å². The largest absolute Gasteiger partial charge is 0.314 e. The lowest BCUT2D eigenvalue weighted by molar-refractivity contribution is 0.231. The average Bonchev–Trinajstić information content (AvgIpc) is 3.07. The molecule has 4 heterocycles. The Kier molecular flexibility index (Phi) is 3.42. The lowest BCUT2D eigenvalue weighted by Crippen LogP contribution is -2.42. The van der Waals surface area contributed by atoms with E-state index < -0.39 is 0 Å². The number of imidazole rings is 1. The Morgan fingerprint density at radius 3 is 2.71 bits per heavy atom. The first kappa shape index (κ1) is 12.9. The Hall–Kier alpha value is -1.76. The van der Waals surface area contributed by atoms with Crippen LogP contribution in [0.5, 0.6) is 0 Å². The van der Waals surface area contributed by atoms with Crippen molar-refractivity contribution in [1.29, 1.82) is 0 Å². The zero-order valence-electron chi connectivity index (χ0n) is 11.7. The SMILES string of the molecule is c1cc(-c2cn3cc(CN4CCNCC4)nc3s2)ccn1. The Bertz CT molecular complexity index is 695. The molecule has 5 nitrogen and oxygen atoms in total. The summed E-state index contributed by atoms with van der Waals surface area (Å²) in [5.74, 6) is 0. The van der Waals surface area contributed by atoms with Gasteiger partial charge in [-0.2, -0.15) is 0 Å². The highest BCUT2D eigenvalue weighted by atomic mass is 32.1. The number of fused-ring (bicyclic) bond motifs is 1. The minimum atomic E-state index is 0.945. The quantitative estimate of drug-likeness (QED) is 0.802. The molecule has 0 amide bonds. The number of rotatable bonds is 3. The van der Waals surface area contributed by atoms with Gasteiger partial charge in [-0.1, -0.05) is 11.3 Å². The van der Waals surface area contributed by atoms with Crippen molar-refractivity contribution < 1.29 is 0 Å². The van der Waals surface area contributed by atoms with Gasteiger partial charge in [0, 0.05) is 57.5 Å². The molecule has 0 radical (unpaired) electrons. The van der Waals surface area contributed by atoms with Crippen LogP contribution < -0.4 is 5.32 Å². The molecule has 0 atom stereocenters. The van der Waals surface area contributed by atoms with E-state index in [-0.39, 0.29) is 0 Å². The Morgan fingerprint density at radius 1 is 1.14 bits per heavy atom. The summed E-state index contributed by atoms with van der Waals surface area (Å²) in [7, 11) is 0. The molecule has 0 aromatic carbocycles. The third kappa shape index (κ3) is 2.70. The lowest BCUT2D eigenvalue weighted by atomic mass is 10.2. The molecule has 1 aliphatic rings. The van der Waals surface area contributed by atoms with Crippen molar-refractivity contribution in [3.8, 4) is 10.4 Å². The van der Waals surface area contributed by atoms with Crippen molar-refractivity contribution in [2.75, 3.05) is 26.2 Å². The van der Waals surface area contributed by atoms with Crippen LogP contribution in [-0.2, 0) is 6.54 Å². The van der Waals surface area contributed by atoms with Crippen molar-refractivity contribution in [2.45, 2.75) is 6.54 Å². The fourth-order valence-electron chi connectivity index (χ4n) is 2.67. The molecule has 0 unspecified atom stereocenters. The smallest absolute Gasteiger partial charge is 0.194 e. The van der Waals surface area contributed by atoms with E-state index in [2.05, 4.69) is 32.0 Å². The molecule has 3 aromatic heterocycles.